The van der Waals surface area contributed by atoms with Crippen LogP contribution >= 0.6 is 0 Å². The van der Waals surface area contributed by atoms with Gasteiger partial charge in [-0.2, -0.15) is 0 Å². The maximum absolute atomic E-state index is 6.01. The molecule has 30 heavy (non-hydrogen) atoms. The van der Waals surface area contributed by atoms with Crippen LogP contribution in [-0.4, -0.2) is 18.0 Å². The molecule has 0 unspecified atom stereocenters. The summed E-state index contributed by atoms with van der Waals surface area (Å²) < 4.78 is 6.01. The molecule has 2 heteroatoms. The van der Waals surface area contributed by atoms with Crippen molar-refractivity contribution < 1.29 is 4.74 Å². The number of unbranched alkanes of at least 4 members (excludes halogenated alkanes) is 2. The van der Waals surface area contributed by atoms with E-state index in [1.54, 1.807) is 0 Å². The van der Waals surface area contributed by atoms with E-state index in [2.05, 4.69) is 80.8 Å². The topological polar surface area (TPSA) is 12.5 Å². The number of nitrogens with zero attached hydrogens (tertiary/aromatic N) is 1. The summed E-state index contributed by atoms with van der Waals surface area (Å²) >= 11 is 0. The van der Waals surface area contributed by atoms with E-state index in [4.69, 9.17) is 4.74 Å². The first-order valence-corrected chi connectivity index (χ1v) is 11.1. The molecule has 160 valence electrons. The minimum Gasteiger partial charge on any atom is -0.489 e. The van der Waals surface area contributed by atoms with Gasteiger partial charge in [0.05, 0.1) is 0 Å². The van der Waals surface area contributed by atoms with Crippen molar-refractivity contribution in [2.75, 3.05) is 13.1 Å². The fourth-order valence-corrected chi connectivity index (χ4v) is 3.07. The van der Waals surface area contributed by atoms with Crippen LogP contribution in [0.15, 0.2) is 66.7 Å². The van der Waals surface area contributed by atoms with Crippen LogP contribution in [0.3, 0.4) is 0 Å². The van der Waals surface area contributed by atoms with Crippen molar-refractivity contribution in [1.82, 2.24) is 4.90 Å². The molecule has 0 bridgehead atoms. The molecule has 0 fully saturated rings. The minimum absolute atomic E-state index is 0.0470. The predicted octanol–water partition coefficient (Wildman–Crippen LogP) is 6.86. The lowest BCUT2D eigenvalue weighted by Crippen LogP contribution is -2.24. The zero-order chi connectivity index (χ0) is 21.7. The number of benzene rings is 2. The van der Waals surface area contributed by atoms with Crippen molar-refractivity contribution in [3.05, 3.63) is 77.9 Å². The van der Waals surface area contributed by atoms with Gasteiger partial charge in [0.2, 0.25) is 0 Å². The highest BCUT2D eigenvalue weighted by Gasteiger charge is 2.06. The molecule has 0 aliphatic carbocycles. The van der Waals surface area contributed by atoms with Crippen molar-refractivity contribution in [1.29, 1.82) is 0 Å². The first-order chi connectivity index (χ1) is 14.5. The summed E-state index contributed by atoms with van der Waals surface area (Å²) in [5.74, 6) is 7.36. The van der Waals surface area contributed by atoms with E-state index in [-0.39, 0.29) is 5.41 Å². The Labute approximate surface area is 184 Å². The zero-order valence-corrected chi connectivity index (χ0v) is 19.2. The third-order valence-electron chi connectivity index (χ3n) is 4.64. The van der Waals surface area contributed by atoms with Gasteiger partial charge in [-0.25, -0.2) is 0 Å². The number of hydrogen-bond acceptors (Lipinski definition) is 2. The largest absolute Gasteiger partial charge is 0.489 e. The van der Waals surface area contributed by atoms with E-state index in [1.165, 1.54) is 30.4 Å². The lowest BCUT2D eigenvalue weighted by Gasteiger charge is -2.21. The number of allylic oxidation sites excluding steroid dienone is 1. The Hall–Kier alpha value is -2.50. The summed E-state index contributed by atoms with van der Waals surface area (Å²) in [6.45, 7) is 12.2. The molecule has 0 heterocycles. The number of ether oxygens (including phenoxy) is 1. The second-order valence-electron chi connectivity index (χ2n) is 8.79. The van der Waals surface area contributed by atoms with Crippen LogP contribution < -0.4 is 4.74 Å². The van der Waals surface area contributed by atoms with Gasteiger partial charge in [0, 0.05) is 18.5 Å². The van der Waals surface area contributed by atoms with Crippen molar-refractivity contribution in [3.8, 4) is 17.6 Å². The molecular weight excluding hydrogens is 366 g/mol. The predicted molar refractivity (Wildman–Crippen MR) is 128 cm³/mol. The molecule has 0 aromatic heterocycles. The molecule has 0 amide bonds. The molecule has 2 rings (SSSR count). The van der Waals surface area contributed by atoms with Crippen molar-refractivity contribution in [2.45, 2.75) is 60.1 Å². The maximum Gasteiger partial charge on any atom is 0.120 e. The van der Waals surface area contributed by atoms with E-state index in [1.807, 2.05) is 30.3 Å². The second kappa shape index (κ2) is 12.9. The van der Waals surface area contributed by atoms with Crippen LogP contribution in [0, 0.1) is 17.3 Å². The molecule has 0 saturated heterocycles. The summed E-state index contributed by atoms with van der Waals surface area (Å²) in [5, 5.41) is 0. The van der Waals surface area contributed by atoms with Gasteiger partial charge >= 0.3 is 0 Å². The molecule has 0 spiro atoms. The smallest absolute Gasteiger partial charge is 0.120 e. The van der Waals surface area contributed by atoms with Crippen molar-refractivity contribution in [2.24, 2.45) is 5.41 Å². The normalized spacial score (nSPS) is 11.5. The summed E-state index contributed by atoms with van der Waals surface area (Å²) in [6.07, 6.45) is 7.91. The Morgan fingerprint density at radius 1 is 0.967 bits per heavy atom. The van der Waals surface area contributed by atoms with Crippen molar-refractivity contribution >= 4 is 0 Å². The van der Waals surface area contributed by atoms with Crippen LogP contribution in [0.2, 0.25) is 0 Å². The molecule has 0 radical (unpaired) electrons. The number of rotatable bonds is 11. The van der Waals surface area contributed by atoms with Crippen LogP contribution in [0.4, 0.5) is 0 Å². The first kappa shape index (κ1) is 23.8. The SMILES string of the molecule is CCCCCN(CC=CC#CC(C)(C)C)Cc1cccc(OCc2ccccc2)c1. The molecule has 0 aliphatic rings. The molecule has 0 N–H and O–H groups in total. The third kappa shape index (κ3) is 10.3. The lowest BCUT2D eigenvalue weighted by molar-refractivity contribution is 0.284. The van der Waals surface area contributed by atoms with Gasteiger partial charge in [0.1, 0.15) is 12.4 Å². The molecule has 2 nitrogen and oxygen atoms in total. The van der Waals surface area contributed by atoms with E-state index in [0.717, 1.165) is 25.4 Å². The van der Waals surface area contributed by atoms with Gasteiger partial charge in [-0.05, 0) is 63.1 Å². The summed E-state index contributed by atoms with van der Waals surface area (Å²) in [4.78, 5) is 2.49. The van der Waals surface area contributed by atoms with Gasteiger partial charge in [-0.3, -0.25) is 4.90 Å². The minimum atomic E-state index is 0.0470. The fraction of sp³-hybridized carbons (Fsp3) is 0.429. The Morgan fingerprint density at radius 2 is 1.73 bits per heavy atom. The molecule has 0 aliphatic heterocycles. The van der Waals surface area contributed by atoms with E-state index in [9.17, 15) is 0 Å². The van der Waals surface area contributed by atoms with E-state index < -0.39 is 0 Å². The van der Waals surface area contributed by atoms with Crippen molar-refractivity contribution in [3.63, 3.8) is 0 Å². The Bertz CT molecular complexity index is 821. The summed E-state index contributed by atoms with van der Waals surface area (Å²) in [5.41, 5.74) is 2.52. The Kier molecular flexibility index (Phi) is 10.3. The quantitative estimate of drug-likeness (QED) is 0.300. The fourth-order valence-electron chi connectivity index (χ4n) is 3.07. The highest BCUT2D eigenvalue weighted by molar-refractivity contribution is 5.29. The number of hydrogen-bond donors (Lipinski definition) is 0. The Morgan fingerprint density at radius 3 is 2.47 bits per heavy atom. The van der Waals surface area contributed by atoms with Crippen LogP contribution in [-0.2, 0) is 13.2 Å². The van der Waals surface area contributed by atoms with E-state index >= 15 is 0 Å². The zero-order valence-electron chi connectivity index (χ0n) is 19.2. The van der Waals surface area contributed by atoms with Gasteiger partial charge < -0.3 is 4.74 Å². The van der Waals surface area contributed by atoms with Gasteiger partial charge in [0.25, 0.3) is 0 Å². The lowest BCUT2D eigenvalue weighted by atomic mass is 9.98. The standard InChI is InChI=1S/C28H37NO/c1-5-6-12-20-29(21-13-8-11-19-28(2,3)4)23-26-17-14-18-27(22-26)30-24-25-15-9-7-10-16-25/h7-10,13-18,22H,5-6,12,20-21,23-24H2,1-4H3. The molecule has 0 atom stereocenters. The van der Waals surface area contributed by atoms with Gasteiger partial charge in [-0.15, -0.1) is 0 Å². The average Bonchev–Trinajstić information content (AvgIpc) is 2.72. The van der Waals surface area contributed by atoms with Crippen LogP contribution in [0.1, 0.15) is 58.1 Å². The van der Waals surface area contributed by atoms with Crippen LogP contribution in [0.25, 0.3) is 0 Å². The molecular formula is C28H37NO. The summed E-state index contributed by atoms with van der Waals surface area (Å²) in [7, 11) is 0. The van der Waals surface area contributed by atoms with E-state index in [0.29, 0.717) is 6.61 Å². The second-order valence-corrected chi connectivity index (χ2v) is 8.79. The Balaban J connectivity index is 1.95. The van der Waals surface area contributed by atoms with Crippen LogP contribution in [0.5, 0.6) is 5.75 Å². The monoisotopic (exact) mass is 403 g/mol. The van der Waals surface area contributed by atoms with Gasteiger partial charge in [0.15, 0.2) is 0 Å². The summed E-state index contributed by atoms with van der Waals surface area (Å²) in [6, 6.07) is 18.8. The van der Waals surface area contributed by atoms with Gasteiger partial charge in [-0.1, -0.05) is 80.1 Å². The first-order valence-electron chi connectivity index (χ1n) is 11.1. The highest BCUT2D eigenvalue weighted by atomic mass is 16.5. The molecule has 2 aromatic carbocycles. The maximum atomic E-state index is 6.01. The molecule has 0 saturated carbocycles. The third-order valence-corrected chi connectivity index (χ3v) is 4.64. The average molecular weight is 404 g/mol. The highest BCUT2D eigenvalue weighted by Crippen LogP contribution is 2.17. The molecule has 2 aromatic rings.